The fraction of sp³-hybridized carbons (Fsp3) is 0.200. The van der Waals surface area contributed by atoms with Crippen LogP contribution in [0.1, 0.15) is 23.5 Å². The normalized spacial score (nSPS) is 20.2. The van der Waals surface area contributed by atoms with Gasteiger partial charge in [-0.2, -0.15) is 5.26 Å². The summed E-state index contributed by atoms with van der Waals surface area (Å²) < 4.78 is 13.2. The predicted octanol–water partition coefficient (Wildman–Crippen LogP) is 3.71. The lowest BCUT2D eigenvalue weighted by Crippen LogP contribution is -2.06. The summed E-state index contributed by atoms with van der Waals surface area (Å²) in [7, 11) is 0. The van der Waals surface area contributed by atoms with Gasteiger partial charge in [-0.15, -0.1) is 0 Å². The minimum absolute atomic E-state index is 0.203. The molecule has 0 aliphatic heterocycles. The van der Waals surface area contributed by atoms with E-state index in [1.165, 1.54) is 12.3 Å². The van der Waals surface area contributed by atoms with E-state index >= 15 is 0 Å². The number of aromatic nitrogens is 1. The number of hydrogen-bond acceptors (Lipinski definition) is 3. The number of nitriles is 1. The molecule has 1 heterocycles. The Morgan fingerprint density at radius 3 is 2.95 bits per heavy atom. The molecular weight excluding hydrogens is 277 g/mol. The molecule has 1 fully saturated rings. The average Bonchev–Trinajstić information content (AvgIpc) is 3.20. The zero-order valence-electron chi connectivity index (χ0n) is 10.5. The van der Waals surface area contributed by atoms with Gasteiger partial charge in [0.15, 0.2) is 0 Å². The molecule has 0 unspecified atom stereocenters. The lowest BCUT2D eigenvalue weighted by Gasteiger charge is -2.07. The van der Waals surface area contributed by atoms with Crippen LogP contribution in [0.5, 0.6) is 0 Å². The van der Waals surface area contributed by atoms with Crippen LogP contribution in [0.2, 0.25) is 5.02 Å². The van der Waals surface area contributed by atoms with Crippen molar-refractivity contribution in [2.24, 2.45) is 0 Å². The summed E-state index contributed by atoms with van der Waals surface area (Å²) in [5, 5.41) is 12.4. The molecule has 5 heteroatoms. The first-order valence-corrected chi connectivity index (χ1v) is 6.63. The molecule has 3 nitrogen and oxygen atoms in total. The molecule has 1 aromatic carbocycles. The van der Waals surface area contributed by atoms with Crippen LogP contribution < -0.4 is 5.32 Å². The van der Waals surface area contributed by atoms with E-state index in [2.05, 4.69) is 10.3 Å². The number of rotatable bonds is 3. The van der Waals surface area contributed by atoms with Crippen molar-refractivity contribution in [1.29, 1.82) is 5.26 Å². The van der Waals surface area contributed by atoms with Crippen molar-refractivity contribution in [3.05, 3.63) is 58.5 Å². The summed E-state index contributed by atoms with van der Waals surface area (Å²) in [6, 6.07) is 10.4. The zero-order valence-corrected chi connectivity index (χ0v) is 11.2. The number of nitrogens with zero attached hydrogens (tertiary/aromatic N) is 2. The third-order valence-corrected chi connectivity index (χ3v) is 3.65. The average molecular weight is 288 g/mol. The summed E-state index contributed by atoms with van der Waals surface area (Å²) in [4.78, 5) is 4.14. The van der Waals surface area contributed by atoms with Gasteiger partial charge in [0.1, 0.15) is 17.7 Å². The van der Waals surface area contributed by atoms with Gasteiger partial charge in [0, 0.05) is 18.2 Å². The maximum Gasteiger partial charge on any atom is 0.145 e. The molecule has 2 atom stereocenters. The van der Waals surface area contributed by atoms with Crippen LogP contribution in [-0.4, -0.2) is 11.0 Å². The van der Waals surface area contributed by atoms with Crippen molar-refractivity contribution in [3.8, 4) is 6.07 Å². The Bertz CT molecular complexity index is 696. The molecule has 3 rings (SSSR count). The first kappa shape index (κ1) is 12.9. The highest BCUT2D eigenvalue weighted by atomic mass is 35.5. The van der Waals surface area contributed by atoms with Crippen LogP contribution in [0.3, 0.4) is 0 Å². The van der Waals surface area contributed by atoms with E-state index in [9.17, 15) is 4.39 Å². The highest BCUT2D eigenvalue weighted by Crippen LogP contribution is 2.43. The van der Waals surface area contributed by atoms with Crippen molar-refractivity contribution in [3.63, 3.8) is 0 Å². The highest BCUT2D eigenvalue weighted by Gasteiger charge is 2.39. The van der Waals surface area contributed by atoms with E-state index < -0.39 is 0 Å². The molecule has 1 aliphatic carbocycles. The molecule has 0 saturated heterocycles. The summed E-state index contributed by atoms with van der Waals surface area (Å²) in [6.07, 6.45) is 2.40. The molecule has 2 aromatic rings. The van der Waals surface area contributed by atoms with Gasteiger partial charge in [-0.05, 0) is 30.2 Å². The standard InChI is InChI=1S/C15H11ClFN3/c16-13-4-9(7-18)8-19-15(13)20-14-6-12(14)10-2-1-3-11(17)5-10/h1-5,8,12,14H,6H2,(H,19,20)/t12-,14+/m0/s1. The molecule has 0 amide bonds. The lowest BCUT2D eigenvalue weighted by atomic mass is 10.1. The predicted molar refractivity (Wildman–Crippen MR) is 75.1 cm³/mol. The first-order valence-electron chi connectivity index (χ1n) is 6.25. The van der Waals surface area contributed by atoms with Gasteiger partial charge < -0.3 is 5.32 Å². The molecule has 1 N–H and O–H groups in total. The highest BCUT2D eigenvalue weighted by molar-refractivity contribution is 6.33. The molecule has 1 aromatic heterocycles. The maximum absolute atomic E-state index is 13.2. The fourth-order valence-electron chi connectivity index (χ4n) is 2.24. The quantitative estimate of drug-likeness (QED) is 0.936. The Kier molecular flexibility index (Phi) is 3.29. The van der Waals surface area contributed by atoms with Gasteiger partial charge in [0.2, 0.25) is 0 Å². The number of benzene rings is 1. The van der Waals surface area contributed by atoms with E-state index in [-0.39, 0.29) is 17.8 Å². The summed E-state index contributed by atoms with van der Waals surface area (Å²) >= 11 is 6.06. The van der Waals surface area contributed by atoms with Gasteiger partial charge in [0.05, 0.1) is 10.6 Å². The summed E-state index contributed by atoms with van der Waals surface area (Å²) in [6.45, 7) is 0. The number of halogens is 2. The van der Waals surface area contributed by atoms with Gasteiger partial charge in [0.25, 0.3) is 0 Å². The number of anilines is 1. The van der Waals surface area contributed by atoms with Gasteiger partial charge in [-0.3, -0.25) is 0 Å². The van der Waals surface area contributed by atoms with E-state index in [4.69, 9.17) is 16.9 Å². The van der Waals surface area contributed by atoms with E-state index in [0.717, 1.165) is 12.0 Å². The summed E-state index contributed by atoms with van der Waals surface area (Å²) in [5.41, 5.74) is 1.41. The van der Waals surface area contributed by atoms with Crippen LogP contribution in [0.15, 0.2) is 36.5 Å². The van der Waals surface area contributed by atoms with Crippen LogP contribution in [0.25, 0.3) is 0 Å². The van der Waals surface area contributed by atoms with Crippen molar-refractivity contribution in [1.82, 2.24) is 4.98 Å². The maximum atomic E-state index is 13.2. The first-order chi connectivity index (χ1) is 9.67. The van der Waals surface area contributed by atoms with Gasteiger partial charge in [-0.25, -0.2) is 9.37 Å². The second kappa shape index (κ2) is 5.10. The SMILES string of the molecule is N#Cc1cnc(N[C@@H]2C[C@H]2c2cccc(F)c2)c(Cl)c1. The molecule has 0 bridgehead atoms. The molecule has 1 saturated carbocycles. The number of hydrogen-bond donors (Lipinski definition) is 1. The molecule has 0 spiro atoms. The smallest absolute Gasteiger partial charge is 0.145 e. The van der Waals surface area contributed by atoms with E-state index in [0.29, 0.717) is 16.4 Å². The minimum atomic E-state index is -0.220. The van der Waals surface area contributed by atoms with Crippen LogP contribution >= 0.6 is 11.6 Å². The Hall–Kier alpha value is -2.12. The summed E-state index contributed by atoms with van der Waals surface area (Å²) in [5.74, 6) is 0.622. The number of nitrogens with one attached hydrogen (secondary N) is 1. The molecule has 0 radical (unpaired) electrons. The molecule has 100 valence electrons. The van der Waals surface area contributed by atoms with E-state index in [1.54, 1.807) is 18.2 Å². The third-order valence-electron chi connectivity index (χ3n) is 3.36. The van der Waals surface area contributed by atoms with Gasteiger partial charge in [-0.1, -0.05) is 23.7 Å². The van der Waals surface area contributed by atoms with Crippen LogP contribution in [-0.2, 0) is 0 Å². The van der Waals surface area contributed by atoms with Crippen LogP contribution in [0.4, 0.5) is 10.2 Å². The van der Waals surface area contributed by atoms with Crippen molar-refractivity contribution < 1.29 is 4.39 Å². The Morgan fingerprint density at radius 1 is 1.40 bits per heavy atom. The molecule has 1 aliphatic rings. The Balaban J connectivity index is 1.71. The Morgan fingerprint density at radius 2 is 2.25 bits per heavy atom. The number of pyridine rings is 1. The second-order valence-electron chi connectivity index (χ2n) is 4.81. The second-order valence-corrected chi connectivity index (χ2v) is 5.22. The third kappa shape index (κ3) is 2.59. The Labute approximate surface area is 121 Å². The topological polar surface area (TPSA) is 48.7 Å². The van der Waals surface area contributed by atoms with Crippen LogP contribution in [0, 0.1) is 17.1 Å². The van der Waals surface area contributed by atoms with Gasteiger partial charge >= 0.3 is 0 Å². The largest absolute Gasteiger partial charge is 0.365 e. The van der Waals surface area contributed by atoms with Crippen molar-refractivity contribution >= 4 is 17.4 Å². The lowest BCUT2D eigenvalue weighted by molar-refractivity contribution is 0.625. The van der Waals surface area contributed by atoms with E-state index in [1.807, 2.05) is 12.1 Å². The monoisotopic (exact) mass is 287 g/mol. The minimum Gasteiger partial charge on any atom is -0.365 e. The molecule has 20 heavy (non-hydrogen) atoms. The zero-order chi connectivity index (χ0) is 14.1. The van der Waals surface area contributed by atoms with Crippen molar-refractivity contribution in [2.75, 3.05) is 5.32 Å². The fourth-order valence-corrected chi connectivity index (χ4v) is 2.46. The van der Waals surface area contributed by atoms with Crippen molar-refractivity contribution in [2.45, 2.75) is 18.4 Å². The molecular formula is C15H11ClFN3.